The van der Waals surface area contributed by atoms with Crippen molar-refractivity contribution in [2.24, 2.45) is 11.8 Å². The van der Waals surface area contributed by atoms with Crippen LogP contribution in [0.3, 0.4) is 0 Å². The number of carbonyl (C=O) groups is 1. The van der Waals surface area contributed by atoms with Gasteiger partial charge in [-0.1, -0.05) is 12.8 Å². The average molecular weight is 461 g/mol. The molecule has 0 aromatic rings. The Labute approximate surface area is 190 Å². The first-order valence-corrected chi connectivity index (χ1v) is 12.1. The Balaban J connectivity index is 1.56. The lowest BCUT2D eigenvalue weighted by Crippen LogP contribution is -2.60. The summed E-state index contributed by atoms with van der Waals surface area (Å²) in [6.07, 6.45) is 2.74. The number of hydrogen-bond acceptors (Lipinski definition) is 9. The van der Waals surface area contributed by atoms with Crippen molar-refractivity contribution in [3.05, 3.63) is 0 Å². The number of carbonyl (C=O) groups excluding carboxylic acids is 1. The van der Waals surface area contributed by atoms with Crippen LogP contribution in [0.25, 0.3) is 0 Å². The molecule has 0 amide bonds. The van der Waals surface area contributed by atoms with Gasteiger partial charge in [0.25, 0.3) is 0 Å². The summed E-state index contributed by atoms with van der Waals surface area (Å²) >= 11 is 0. The minimum atomic E-state index is -1.46. The zero-order chi connectivity index (χ0) is 23.1. The summed E-state index contributed by atoms with van der Waals surface area (Å²) in [5.74, 6) is 1.01. The van der Waals surface area contributed by atoms with E-state index in [-0.39, 0.29) is 19.3 Å². The van der Waals surface area contributed by atoms with Crippen LogP contribution in [-0.4, -0.2) is 84.7 Å². The summed E-state index contributed by atoms with van der Waals surface area (Å²) in [5, 5.41) is 31.0. The molecule has 186 valence electrons. The fourth-order valence-electron chi connectivity index (χ4n) is 5.30. The smallest absolute Gasteiger partial charge is 0.435 e. The number of ether oxygens (including phenoxy) is 5. The van der Waals surface area contributed by atoms with Gasteiger partial charge in [0.05, 0.1) is 18.8 Å². The molecule has 32 heavy (non-hydrogen) atoms. The molecule has 1 aliphatic heterocycles. The summed E-state index contributed by atoms with van der Waals surface area (Å²) < 4.78 is 27.1. The lowest BCUT2D eigenvalue weighted by Gasteiger charge is -2.43. The van der Waals surface area contributed by atoms with Crippen molar-refractivity contribution in [3.63, 3.8) is 0 Å². The molecule has 2 aliphatic carbocycles. The van der Waals surface area contributed by atoms with Gasteiger partial charge in [0.2, 0.25) is 0 Å². The van der Waals surface area contributed by atoms with Gasteiger partial charge in [-0.15, -0.1) is 0 Å². The minimum Gasteiger partial charge on any atom is -0.435 e. The number of aliphatic hydroxyl groups excluding tert-OH is 3. The molecule has 1 saturated heterocycles. The Morgan fingerprint density at radius 1 is 0.938 bits per heavy atom. The van der Waals surface area contributed by atoms with Crippen LogP contribution in [0.15, 0.2) is 0 Å². The molecule has 7 unspecified atom stereocenters. The Kier molecular flexibility index (Phi) is 10.0. The summed E-state index contributed by atoms with van der Waals surface area (Å²) in [6, 6.07) is 0. The summed E-state index contributed by atoms with van der Waals surface area (Å²) in [6.45, 7) is 1.51. The van der Waals surface area contributed by atoms with Crippen molar-refractivity contribution >= 4 is 6.16 Å². The SMILES string of the molecule is CCOC(=O)OCC1OC(OC2CCCCC2CC2CCC(OC)CC2)C(O)C(O)C1O. The Morgan fingerprint density at radius 3 is 2.34 bits per heavy atom. The third-order valence-electron chi connectivity index (χ3n) is 7.21. The van der Waals surface area contributed by atoms with Crippen LogP contribution < -0.4 is 0 Å². The summed E-state index contributed by atoms with van der Waals surface area (Å²) in [4.78, 5) is 11.5. The highest BCUT2D eigenvalue weighted by Crippen LogP contribution is 2.38. The fourth-order valence-corrected chi connectivity index (χ4v) is 5.30. The van der Waals surface area contributed by atoms with Crippen molar-refractivity contribution in [1.82, 2.24) is 0 Å². The quantitative estimate of drug-likeness (QED) is 0.467. The first-order chi connectivity index (χ1) is 15.4. The van der Waals surface area contributed by atoms with Crippen LogP contribution in [0.4, 0.5) is 4.79 Å². The molecule has 3 rings (SSSR count). The Morgan fingerprint density at radius 2 is 1.66 bits per heavy atom. The van der Waals surface area contributed by atoms with E-state index in [1.165, 1.54) is 0 Å². The van der Waals surface area contributed by atoms with Crippen LogP contribution in [0.5, 0.6) is 0 Å². The standard InChI is InChI=1S/C23H40O9/c1-3-29-23(27)30-13-18-19(24)20(25)21(26)22(32-18)31-17-7-5-4-6-15(17)12-14-8-10-16(28-2)11-9-14/h14-22,24-26H,3-13H2,1-2H3. The normalized spacial score (nSPS) is 40.6. The van der Waals surface area contributed by atoms with Gasteiger partial charge in [0.1, 0.15) is 31.0 Å². The number of hydrogen-bond donors (Lipinski definition) is 3. The molecule has 3 N–H and O–H groups in total. The molecule has 1 heterocycles. The maximum Gasteiger partial charge on any atom is 0.508 e. The van der Waals surface area contributed by atoms with Gasteiger partial charge >= 0.3 is 6.16 Å². The first-order valence-electron chi connectivity index (χ1n) is 12.1. The van der Waals surface area contributed by atoms with Gasteiger partial charge in [0, 0.05) is 7.11 Å². The fraction of sp³-hybridized carbons (Fsp3) is 0.957. The second-order valence-electron chi connectivity index (χ2n) is 9.34. The third-order valence-corrected chi connectivity index (χ3v) is 7.21. The van der Waals surface area contributed by atoms with Gasteiger partial charge in [-0.3, -0.25) is 0 Å². The highest BCUT2D eigenvalue weighted by Gasteiger charge is 2.46. The highest BCUT2D eigenvalue weighted by molar-refractivity contribution is 5.59. The first kappa shape index (κ1) is 25.6. The van der Waals surface area contributed by atoms with Gasteiger partial charge in [0.15, 0.2) is 6.29 Å². The molecule has 7 atom stereocenters. The predicted molar refractivity (Wildman–Crippen MR) is 114 cm³/mol. The van der Waals surface area contributed by atoms with Crippen molar-refractivity contribution in [1.29, 1.82) is 0 Å². The van der Waals surface area contributed by atoms with E-state index < -0.39 is 36.9 Å². The van der Waals surface area contributed by atoms with Gasteiger partial charge in [-0.25, -0.2) is 4.79 Å². The monoisotopic (exact) mass is 460 g/mol. The van der Waals surface area contributed by atoms with E-state index in [0.29, 0.717) is 17.9 Å². The molecule has 0 aromatic carbocycles. The molecule has 9 heteroatoms. The van der Waals surface area contributed by atoms with E-state index in [1.807, 2.05) is 0 Å². The van der Waals surface area contributed by atoms with Gasteiger partial charge < -0.3 is 39.0 Å². The topological polar surface area (TPSA) is 124 Å². The maximum absolute atomic E-state index is 11.5. The number of aliphatic hydroxyl groups is 3. The molecule has 0 bridgehead atoms. The predicted octanol–water partition coefficient (Wildman–Crippen LogP) is 2.14. The van der Waals surface area contributed by atoms with E-state index in [1.54, 1.807) is 14.0 Å². The molecule has 3 aliphatic rings. The van der Waals surface area contributed by atoms with Crippen LogP contribution in [0.1, 0.15) is 64.7 Å². The van der Waals surface area contributed by atoms with Crippen LogP contribution >= 0.6 is 0 Å². The van der Waals surface area contributed by atoms with Crippen molar-refractivity contribution in [3.8, 4) is 0 Å². The van der Waals surface area contributed by atoms with Gasteiger partial charge in [-0.2, -0.15) is 0 Å². The minimum absolute atomic E-state index is 0.0855. The maximum atomic E-state index is 11.5. The van der Waals surface area contributed by atoms with Gasteiger partial charge in [-0.05, 0) is 63.7 Å². The van der Waals surface area contributed by atoms with Crippen LogP contribution in [-0.2, 0) is 23.7 Å². The highest BCUT2D eigenvalue weighted by atomic mass is 16.7. The average Bonchev–Trinajstić information content (AvgIpc) is 2.80. The van der Waals surface area contributed by atoms with E-state index in [9.17, 15) is 20.1 Å². The largest absolute Gasteiger partial charge is 0.508 e. The van der Waals surface area contributed by atoms with E-state index >= 15 is 0 Å². The van der Waals surface area contributed by atoms with Crippen molar-refractivity contribution in [2.75, 3.05) is 20.3 Å². The molecule has 2 saturated carbocycles. The van der Waals surface area contributed by atoms with Crippen LogP contribution in [0.2, 0.25) is 0 Å². The summed E-state index contributed by atoms with van der Waals surface area (Å²) in [7, 11) is 1.78. The molecule has 0 radical (unpaired) electrons. The van der Waals surface area contributed by atoms with E-state index in [0.717, 1.165) is 57.8 Å². The lowest BCUT2D eigenvalue weighted by atomic mass is 9.75. The molecule has 0 aromatic heterocycles. The lowest BCUT2D eigenvalue weighted by molar-refractivity contribution is -0.317. The molecule has 3 fully saturated rings. The van der Waals surface area contributed by atoms with E-state index in [2.05, 4.69) is 0 Å². The molecule has 0 spiro atoms. The summed E-state index contributed by atoms with van der Waals surface area (Å²) in [5.41, 5.74) is 0. The second-order valence-corrected chi connectivity index (χ2v) is 9.34. The number of rotatable bonds is 8. The molecular weight excluding hydrogens is 420 g/mol. The van der Waals surface area contributed by atoms with Crippen LogP contribution in [0, 0.1) is 11.8 Å². The Hall–Kier alpha value is -0.970. The zero-order valence-corrected chi connectivity index (χ0v) is 19.3. The van der Waals surface area contributed by atoms with Crippen molar-refractivity contribution < 1.29 is 43.8 Å². The van der Waals surface area contributed by atoms with E-state index in [4.69, 9.17) is 23.7 Å². The molecule has 9 nitrogen and oxygen atoms in total. The Bertz CT molecular complexity index is 566. The second kappa shape index (κ2) is 12.5. The molecular formula is C23H40O9. The number of methoxy groups -OCH3 is 1. The third kappa shape index (κ3) is 6.77. The zero-order valence-electron chi connectivity index (χ0n) is 19.3. The van der Waals surface area contributed by atoms with Crippen molar-refractivity contribution in [2.45, 2.75) is 108 Å².